The van der Waals surface area contributed by atoms with Crippen LogP contribution in [0.15, 0.2) is 48.8 Å². The number of amides is 3. The maximum Gasteiger partial charge on any atom is 0.433 e. The van der Waals surface area contributed by atoms with Crippen LogP contribution in [0.25, 0.3) is 10.8 Å². The van der Waals surface area contributed by atoms with E-state index in [0.29, 0.717) is 16.3 Å². The number of carbonyl (C=O) groups excluding carboxylic acids is 3. The fraction of sp³-hybridized carbons (Fsp3) is 0.346. The van der Waals surface area contributed by atoms with Crippen LogP contribution in [0.5, 0.6) is 0 Å². The minimum absolute atomic E-state index is 0.0736. The highest BCUT2D eigenvalue weighted by Crippen LogP contribution is 2.27. The molecule has 0 saturated carbocycles. The molecule has 1 unspecified atom stereocenters. The summed E-state index contributed by atoms with van der Waals surface area (Å²) in [7, 11) is 0. The molecule has 3 rings (SSSR count). The van der Waals surface area contributed by atoms with Crippen molar-refractivity contribution < 1.29 is 36.7 Å². The summed E-state index contributed by atoms with van der Waals surface area (Å²) >= 11 is 0. The molecule has 0 radical (unpaired) electrons. The predicted octanol–water partition coefficient (Wildman–Crippen LogP) is 4.46. The molecule has 3 amide bonds. The van der Waals surface area contributed by atoms with Gasteiger partial charge in [-0.2, -0.15) is 17.6 Å². The molecule has 9 nitrogen and oxygen atoms in total. The van der Waals surface area contributed by atoms with E-state index in [9.17, 15) is 31.9 Å². The van der Waals surface area contributed by atoms with Crippen LogP contribution in [0.3, 0.4) is 0 Å². The van der Waals surface area contributed by atoms with E-state index in [4.69, 9.17) is 4.74 Å². The molecule has 0 fully saturated rings. The van der Waals surface area contributed by atoms with E-state index in [1.54, 1.807) is 26.8 Å². The van der Waals surface area contributed by atoms with Gasteiger partial charge in [-0.1, -0.05) is 12.1 Å². The number of halogens is 4. The van der Waals surface area contributed by atoms with Gasteiger partial charge in [-0.15, -0.1) is 0 Å². The van der Waals surface area contributed by atoms with Gasteiger partial charge in [0, 0.05) is 41.9 Å². The smallest absolute Gasteiger partial charge is 0.433 e. The number of hydrazine groups is 1. The van der Waals surface area contributed by atoms with Crippen LogP contribution in [0.4, 0.5) is 22.4 Å². The number of fused-ring (bicyclic) bond motifs is 1. The van der Waals surface area contributed by atoms with E-state index >= 15 is 0 Å². The van der Waals surface area contributed by atoms with Crippen molar-refractivity contribution in [2.45, 2.75) is 57.9 Å². The lowest BCUT2D eigenvalue weighted by atomic mass is 10.0. The minimum Gasteiger partial charge on any atom is -0.444 e. The van der Waals surface area contributed by atoms with Gasteiger partial charge in [0.1, 0.15) is 11.3 Å². The lowest BCUT2D eigenvalue weighted by molar-refractivity contribution is -0.141. The van der Waals surface area contributed by atoms with Crippen molar-refractivity contribution >= 4 is 28.7 Å². The zero-order chi connectivity index (χ0) is 28.8. The van der Waals surface area contributed by atoms with Gasteiger partial charge in [-0.05, 0) is 62.8 Å². The number of aromatic nitrogens is 2. The fourth-order valence-electron chi connectivity index (χ4n) is 3.52. The number of hydrogen-bond donors (Lipinski definition) is 3. The van der Waals surface area contributed by atoms with E-state index in [-0.39, 0.29) is 24.8 Å². The van der Waals surface area contributed by atoms with Crippen LogP contribution < -0.4 is 16.2 Å². The van der Waals surface area contributed by atoms with Gasteiger partial charge in [0.15, 0.2) is 0 Å². The zero-order valence-electron chi connectivity index (χ0n) is 21.4. The third-order valence-corrected chi connectivity index (χ3v) is 5.30. The fourth-order valence-corrected chi connectivity index (χ4v) is 3.52. The van der Waals surface area contributed by atoms with Crippen molar-refractivity contribution in [3.8, 4) is 0 Å². The Bertz CT molecular complexity index is 1340. The van der Waals surface area contributed by atoms with Crippen molar-refractivity contribution in [3.63, 3.8) is 0 Å². The van der Waals surface area contributed by atoms with Crippen molar-refractivity contribution in [1.82, 2.24) is 26.1 Å². The van der Waals surface area contributed by atoms with Crippen molar-refractivity contribution in [3.05, 3.63) is 71.6 Å². The summed E-state index contributed by atoms with van der Waals surface area (Å²) in [6.45, 7) is 5.00. The van der Waals surface area contributed by atoms with Crippen LogP contribution in [-0.4, -0.2) is 39.5 Å². The monoisotopic (exact) mass is 549 g/mol. The highest BCUT2D eigenvalue weighted by molar-refractivity contribution is 5.99. The van der Waals surface area contributed by atoms with Crippen molar-refractivity contribution in [1.29, 1.82) is 0 Å². The van der Waals surface area contributed by atoms with Crippen LogP contribution in [-0.2, 0) is 22.1 Å². The largest absolute Gasteiger partial charge is 0.444 e. The SMILES string of the molecule is CC(C)(C)OC(=O)NC(CCC(=O)NNC(=O)c1ccc2cnc(F)cc2c1)Cc1ccc(C(F)(F)F)nc1. The van der Waals surface area contributed by atoms with Gasteiger partial charge in [0.25, 0.3) is 5.91 Å². The third kappa shape index (κ3) is 9.20. The highest BCUT2D eigenvalue weighted by atomic mass is 19.4. The molecule has 1 aromatic carbocycles. The van der Waals surface area contributed by atoms with Crippen molar-refractivity contribution in [2.75, 3.05) is 0 Å². The average molecular weight is 550 g/mol. The maximum absolute atomic E-state index is 13.4. The third-order valence-electron chi connectivity index (χ3n) is 5.30. The average Bonchev–Trinajstić information content (AvgIpc) is 2.84. The molecule has 2 aromatic heterocycles. The summed E-state index contributed by atoms with van der Waals surface area (Å²) in [5.41, 5.74) is 3.27. The summed E-state index contributed by atoms with van der Waals surface area (Å²) < 4.78 is 57.1. The first-order valence-electron chi connectivity index (χ1n) is 11.9. The Kier molecular flexibility index (Phi) is 9.04. The van der Waals surface area contributed by atoms with Gasteiger partial charge < -0.3 is 10.1 Å². The Balaban J connectivity index is 1.59. The molecule has 39 heavy (non-hydrogen) atoms. The van der Waals surface area contributed by atoms with E-state index in [2.05, 4.69) is 26.1 Å². The summed E-state index contributed by atoms with van der Waals surface area (Å²) in [4.78, 5) is 44.1. The Morgan fingerprint density at radius 3 is 2.33 bits per heavy atom. The van der Waals surface area contributed by atoms with Crippen LogP contribution in [0, 0.1) is 5.95 Å². The standard InChI is InChI=1S/C26H27F4N5O4/c1-25(2,3)39-24(38)33-19(10-15-4-8-20(31-13-15)26(28,29)30)7-9-22(36)34-35-23(37)16-5-6-17-14-32-21(27)12-18(17)11-16/h4-6,8,11-14,19H,7,9-10H2,1-3H3,(H,33,38)(H,34,36)(H,35,37). The quantitative estimate of drug-likeness (QED) is 0.227. The number of carbonyl (C=O) groups is 3. The molecule has 3 N–H and O–H groups in total. The molecule has 0 aliphatic rings. The molecule has 0 aliphatic carbocycles. The molecule has 0 aliphatic heterocycles. The normalized spacial score (nSPS) is 12.5. The Hall–Kier alpha value is -4.29. The minimum atomic E-state index is -4.59. The summed E-state index contributed by atoms with van der Waals surface area (Å²) in [5.74, 6) is -1.92. The number of rotatable bonds is 7. The second kappa shape index (κ2) is 12.0. The first kappa shape index (κ1) is 29.3. The Morgan fingerprint density at radius 2 is 1.69 bits per heavy atom. The molecular weight excluding hydrogens is 522 g/mol. The molecule has 1 atom stereocenters. The summed E-state index contributed by atoms with van der Waals surface area (Å²) in [6, 6.07) is 7.08. The number of alkyl carbamates (subject to hydrolysis) is 1. The molecule has 13 heteroatoms. The first-order chi connectivity index (χ1) is 18.2. The molecular formula is C26H27F4N5O4. The summed E-state index contributed by atoms with van der Waals surface area (Å²) in [6.07, 6.45) is -2.96. The zero-order valence-corrected chi connectivity index (χ0v) is 21.4. The number of nitrogens with one attached hydrogen (secondary N) is 3. The maximum atomic E-state index is 13.4. The molecule has 0 saturated heterocycles. The Labute approximate surface area is 221 Å². The van der Waals surface area contributed by atoms with Gasteiger partial charge in [0.2, 0.25) is 11.9 Å². The van der Waals surface area contributed by atoms with Gasteiger partial charge in [-0.25, -0.2) is 9.78 Å². The number of ether oxygens (including phenoxy) is 1. The topological polar surface area (TPSA) is 122 Å². The van der Waals surface area contributed by atoms with E-state index in [1.165, 1.54) is 30.5 Å². The first-order valence-corrected chi connectivity index (χ1v) is 11.9. The molecule has 0 bridgehead atoms. The summed E-state index contributed by atoms with van der Waals surface area (Å²) in [5, 5.41) is 3.70. The van der Waals surface area contributed by atoms with Gasteiger partial charge in [-0.3, -0.25) is 25.4 Å². The van der Waals surface area contributed by atoms with Crippen molar-refractivity contribution in [2.24, 2.45) is 0 Å². The lowest BCUT2D eigenvalue weighted by Gasteiger charge is -2.24. The molecule has 0 spiro atoms. The molecule has 3 aromatic rings. The number of hydrogen-bond acceptors (Lipinski definition) is 6. The molecule has 2 heterocycles. The number of benzene rings is 1. The van der Waals surface area contributed by atoms with Crippen LogP contribution in [0.2, 0.25) is 0 Å². The van der Waals surface area contributed by atoms with Crippen LogP contribution >= 0.6 is 0 Å². The predicted molar refractivity (Wildman–Crippen MR) is 133 cm³/mol. The number of nitrogens with zero attached hydrogens (tertiary/aromatic N) is 2. The van der Waals surface area contributed by atoms with Gasteiger partial charge >= 0.3 is 12.3 Å². The number of alkyl halides is 3. The molecule has 208 valence electrons. The van der Waals surface area contributed by atoms with Gasteiger partial charge in [0.05, 0.1) is 0 Å². The van der Waals surface area contributed by atoms with E-state index in [0.717, 1.165) is 12.3 Å². The van der Waals surface area contributed by atoms with E-state index in [1.807, 2.05) is 0 Å². The number of pyridine rings is 2. The second-order valence-corrected chi connectivity index (χ2v) is 9.71. The second-order valence-electron chi connectivity index (χ2n) is 9.71. The van der Waals surface area contributed by atoms with Crippen LogP contribution in [0.1, 0.15) is 55.2 Å². The lowest BCUT2D eigenvalue weighted by Crippen LogP contribution is -2.43. The highest BCUT2D eigenvalue weighted by Gasteiger charge is 2.32. The van der Waals surface area contributed by atoms with E-state index < -0.39 is 47.4 Å². The Morgan fingerprint density at radius 1 is 0.949 bits per heavy atom.